The van der Waals surface area contributed by atoms with Crippen LogP contribution in [0.2, 0.25) is 0 Å². The largest absolute Gasteiger partial charge is 0.238 e. The number of benzene rings is 1. The zero-order valence-electron chi connectivity index (χ0n) is 8.87. The summed E-state index contributed by atoms with van der Waals surface area (Å²) < 4.78 is 0. The van der Waals surface area contributed by atoms with Crippen LogP contribution >= 0.6 is 0 Å². The first-order chi connectivity index (χ1) is 7.38. The Hall–Kier alpha value is -1.29. The third kappa shape index (κ3) is 1.36. The van der Waals surface area contributed by atoms with Crippen molar-refractivity contribution in [1.29, 1.82) is 0 Å². The van der Waals surface area contributed by atoms with Gasteiger partial charge in [-0.05, 0) is 36.7 Å². The molecule has 0 unspecified atom stereocenters. The first-order valence-electron chi connectivity index (χ1n) is 5.89. The van der Waals surface area contributed by atoms with Crippen molar-refractivity contribution in [3.63, 3.8) is 0 Å². The van der Waals surface area contributed by atoms with Gasteiger partial charge in [0, 0.05) is 0 Å². The van der Waals surface area contributed by atoms with Crippen LogP contribution in [0.4, 0.5) is 5.69 Å². The van der Waals surface area contributed by atoms with Gasteiger partial charge in [0.15, 0.2) is 5.69 Å². The fraction of sp³-hybridized carbons (Fsp3) is 0.500. The van der Waals surface area contributed by atoms with Gasteiger partial charge in [0.1, 0.15) is 0 Å². The highest BCUT2D eigenvalue weighted by Gasteiger charge is 2.33. The molecule has 2 atom stereocenters. The molecule has 1 saturated carbocycles. The van der Waals surface area contributed by atoms with Crippen LogP contribution in [0.3, 0.4) is 0 Å². The van der Waals surface area contributed by atoms with Crippen molar-refractivity contribution in [2.45, 2.75) is 38.0 Å². The van der Waals surface area contributed by atoms with Crippen molar-refractivity contribution in [1.82, 2.24) is 0 Å². The first-order valence-corrected chi connectivity index (χ1v) is 5.89. The van der Waals surface area contributed by atoms with Gasteiger partial charge >= 0.3 is 0 Å². The van der Waals surface area contributed by atoms with E-state index in [9.17, 15) is 0 Å². The summed E-state index contributed by atoms with van der Waals surface area (Å²) in [5, 5.41) is 0. The van der Waals surface area contributed by atoms with Gasteiger partial charge in [0.2, 0.25) is 0 Å². The molecule has 2 aliphatic rings. The lowest BCUT2D eigenvalue weighted by Gasteiger charge is -2.25. The van der Waals surface area contributed by atoms with E-state index in [1.165, 1.54) is 43.2 Å². The van der Waals surface area contributed by atoms with E-state index in [-0.39, 0.29) is 0 Å². The van der Waals surface area contributed by atoms with E-state index in [4.69, 9.17) is 6.57 Å². The van der Waals surface area contributed by atoms with Crippen LogP contribution < -0.4 is 0 Å². The van der Waals surface area contributed by atoms with Crippen LogP contribution in [0, 0.1) is 12.5 Å². The molecule has 1 nitrogen and oxygen atoms in total. The molecule has 1 heteroatoms. The van der Waals surface area contributed by atoms with Gasteiger partial charge in [0.25, 0.3) is 0 Å². The predicted molar refractivity (Wildman–Crippen MR) is 61.1 cm³/mol. The van der Waals surface area contributed by atoms with Crippen molar-refractivity contribution < 1.29 is 0 Å². The average molecular weight is 197 g/mol. The molecule has 15 heavy (non-hydrogen) atoms. The normalized spacial score (nSPS) is 27.9. The lowest BCUT2D eigenvalue weighted by Crippen LogP contribution is -2.12. The number of hydrogen-bond acceptors (Lipinski definition) is 0. The Labute approximate surface area is 90.9 Å². The van der Waals surface area contributed by atoms with Gasteiger partial charge < -0.3 is 0 Å². The van der Waals surface area contributed by atoms with Gasteiger partial charge in [0.05, 0.1) is 6.57 Å². The Bertz CT molecular complexity index is 427. The van der Waals surface area contributed by atoms with Gasteiger partial charge in [-0.3, -0.25) is 0 Å². The predicted octanol–water partition coefficient (Wildman–Crippen LogP) is 4.07. The fourth-order valence-electron chi connectivity index (χ4n) is 3.33. The summed E-state index contributed by atoms with van der Waals surface area (Å²) in [5.41, 5.74) is 3.83. The number of hydrogen-bond donors (Lipinski definition) is 0. The Morgan fingerprint density at radius 2 is 2.07 bits per heavy atom. The molecule has 0 radical (unpaired) electrons. The second-order valence-electron chi connectivity index (χ2n) is 4.85. The topological polar surface area (TPSA) is 4.36 Å². The van der Waals surface area contributed by atoms with Gasteiger partial charge in [-0.2, -0.15) is 0 Å². The molecule has 76 valence electrons. The minimum absolute atomic E-state index is 0.774. The maximum absolute atomic E-state index is 7.06. The minimum atomic E-state index is 0.774. The monoisotopic (exact) mass is 197 g/mol. The molecule has 1 aromatic carbocycles. The number of fused-ring (bicyclic) bond motifs is 3. The maximum atomic E-state index is 7.06. The summed E-state index contributed by atoms with van der Waals surface area (Å²) in [5.74, 6) is 1.66. The number of nitrogens with zero attached hydrogens (tertiary/aromatic N) is 1. The molecule has 0 spiro atoms. The zero-order valence-corrected chi connectivity index (χ0v) is 8.87. The molecule has 0 heterocycles. The standard InChI is InChI=1S/C14H15N/c1-15-12-7-6-11-8-10-4-2-3-5-13(10)14(11)9-12/h6-7,9-10,13H,2-5,8H2/t10-,13-/m0/s1. The lowest BCUT2D eigenvalue weighted by atomic mass is 9.80. The Kier molecular flexibility index (Phi) is 2.02. The zero-order chi connectivity index (χ0) is 10.3. The molecule has 0 aromatic heterocycles. The van der Waals surface area contributed by atoms with Crippen LogP contribution in [0.1, 0.15) is 42.7 Å². The molecule has 3 rings (SSSR count). The van der Waals surface area contributed by atoms with Crippen molar-refractivity contribution in [2.24, 2.45) is 5.92 Å². The Morgan fingerprint density at radius 1 is 1.20 bits per heavy atom. The molecule has 0 bridgehead atoms. The molecule has 1 fully saturated rings. The van der Waals surface area contributed by atoms with E-state index < -0.39 is 0 Å². The van der Waals surface area contributed by atoms with Crippen LogP contribution in [0.25, 0.3) is 4.85 Å². The molecule has 0 saturated heterocycles. The van der Waals surface area contributed by atoms with E-state index in [0.717, 1.165) is 17.5 Å². The number of rotatable bonds is 0. The molecular weight excluding hydrogens is 182 g/mol. The minimum Gasteiger partial charge on any atom is -0.238 e. The quantitative estimate of drug-likeness (QED) is 0.552. The van der Waals surface area contributed by atoms with Crippen molar-refractivity contribution in [2.75, 3.05) is 0 Å². The molecule has 2 aliphatic carbocycles. The first kappa shape index (κ1) is 8.97. The van der Waals surface area contributed by atoms with Crippen molar-refractivity contribution >= 4 is 5.69 Å². The summed E-state index contributed by atoms with van der Waals surface area (Å²) >= 11 is 0. The van der Waals surface area contributed by atoms with Crippen LogP contribution in [0.15, 0.2) is 18.2 Å². The van der Waals surface area contributed by atoms with E-state index >= 15 is 0 Å². The fourth-order valence-corrected chi connectivity index (χ4v) is 3.33. The SMILES string of the molecule is [C-]#[N+]c1ccc2c(c1)[C@H]1CCCC[C@H]1C2. The molecule has 0 aliphatic heterocycles. The molecule has 1 aromatic rings. The van der Waals surface area contributed by atoms with Crippen molar-refractivity contribution in [3.05, 3.63) is 40.7 Å². The van der Waals surface area contributed by atoms with Crippen LogP contribution in [-0.4, -0.2) is 0 Å². The molecule has 0 N–H and O–H groups in total. The van der Waals surface area contributed by atoms with Gasteiger partial charge in [-0.25, -0.2) is 4.85 Å². The highest BCUT2D eigenvalue weighted by molar-refractivity contribution is 5.52. The second kappa shape index (κ2) is 3.38. The van der Waals surface area contributed by atoms with Crippen LogP contribution in [0.5, 0.6) is 0 Å². The Morgan fingerprint density at radius 3 is 2.93 bits per heavy atom. The maximum Gasteiger partial charge on any atom is 0.187 e. The summed E-state index contributed by atoms with van der Waals surface area (Å²) in [6.45, 7) is 7.06. The highest BCUT2D eigenvalue weighted by atomic mass is 14.6. The summed E-state index contributed by atoms with van der Waals surface area (Å²) in [6, 6.07) is 6.29. The van der Waals surface area contributed by atoms with Crippen molar-refractivity contribution in [3.8, 4) is 0 Å². The van der Waals surface area contributed by atoms with Crippen LogP contribution in [-0.2, 0) is 6.42 Å². The third-order valence-electron chi connectivity index (χ3n) is 4.05. The van der Waals surface area contributed by atoms with E-state index in [0.29, 0.717) is 0 Å². The van der Waals surface area contributed by atoms with E-state index in [2.05, 4.69) is 17.0 Å². The van der Waals surface area contributed by atoms with E-state index in [1.807, 2.05) is 6.07 Å². The van der Waals surface area contributed by atoms with E-state index in [1.54, 1.807) is 0 Å². The summed E-state index contributed by atoms with van der Waals surface area (Å²) in [4.78, 5) is 3.54. The second-order valence-corrected chi connectivity index (χ2v) is 4.85. The highest BCUT2D eigenvalue weighted by Crippen LogP contribution is 2.47. The Balaban J connectivity index is 2.02. The smallest absolute Gasteiger partial charge is 0.187 e. The summed E-state index contributed by atoms with van der Waals surface area (Å²) in [7, 11) is 0. The lowest BCUT2D eigenvalue weighted by molar-refractivity contribution is 0.330. The molecule has 0 amide bonds. The average Bonchev–Trinajstić information content (AvgIpc) is 2.66. The van der Waals surface area contributed by atoms with Gasteiger partial charge in [-0.15, -0.1) is 0 Å². The molecular formula is C14H15N. The third-order valence-corrected chi connectivity index (χ3v) is 4.05. The van der Waals surface area contributed by atoms with Gasteiger partial charge in [-0.1, -0.05) is 36.6 Å². The summed E-state index contributed by atoms with van der Waals surface area (Å²) in [6.07, 6.45) is 6.79.